The van der Waals surface area contributed by atoms with Gasteiger partial charge in [-0.3, -0.25) is 4.99 Å². The molecular formula is C19H24FN5O. The highest BCUT2D eigenvalue weighted by molar-refractivity contribution is 5.83. The van der Waals surface area contributed by atoms with E-state index in [1.54, 1.807) is 19.2 Å². The Morgan fingerprint density at radius 2 is 2.00 bits per heavy atom. The first-order valence-electron chi connectivity index (χ1n) is 8.70. The normalized spacial score (nSPS) is 11.9. The zero-order valence-corrected chi connectivity index (χ0v) is 15.3. The van der Waals surface area contributed by atoms with E-state index in [2.05, 4.69) is 25.8 Å². The summed E-state index contributed by atoms with van der Waals surface area (Å²) in [6, 6.07) is 4.79. The maximum atomic E-state index is 13.4. The highest BCUT2D eigenvalue weighted by Crippen LogP contribution is 2.19. The summed E-state index contributed by atoms with van der Waals surface area (Å²) in [6.45, 7) is 5.31. The van der Waals surface area contributed by atoms with Crippen LogP contribution < -0.4 is 10.6 Å². The summed E-state index contributed by atoms with van der Waals surface area (Å²) in [5, 5.41) is 11.5. The van der Waals surface area contributed by atoms with Crippen LogP contribution in [0.3, 0.4) is 0 Å². The molecule has 0 spiro atoms. The predicted molar refractivity (Wildman–Crippen MR) is 101 cm³/mol. The zero-order chi connectivity index (χ0) is 18.5. The number of aromatic amines is 1. The molecule has 3 rings (SSSR count). The third kappa shape index (κ3) is 4.04. The van der Waals surface area contributed by atoms with Gasteiger partial charge in [-0.1, -0.05) is 5.16 Å². The first-order chi connectivity index (χ1) is 12.6. The molecule has 0 saturated heterocycles. The summed E-state index contributed by atoms with van der Waals surface area (Å²) in [7, 11) is 1.74. The van der Waals surface area contributed by atoms with Crippen LogP contribution in [0.15, 0.2) is 33.9 Å². The van der Waals surface area contributed by atoms with E-state index in [0.29, 0.717) is 6.54 Å². The van der Waals surface area contributed by atoms with E-state index in [4.69, 9.17) is 4.52 Å². The number of nitrogens with zero attached hydrogens (tertiary/aromatic N) is 2. The second-order valence-electron chi connectivity index (χ2n) is 6.23. The lowest BCUT2D eigenvalue weighted by Crippen LogP contribution is -2.39. The van der Waals surface area contributed by atoms with Crippen molar-refractivity contribution in [2.75, 3.05) is 20.1 Å². The average molecular weight is 357 g/mol. The van der Waals surface area contributed by atoms with Gasteiger partial charge in [-0.2, -0.15) is 0 Å². The molecule has 2 aromatic heterocycles. The Morgan fingerprint density at radius 3 is 2.69 bits per heavy atom. The Morgan fingerprint density at radius 1 is 1.23 bits per heavy atom. The van der Waals surface area contributed by atoms with Crippen molar-refractivity contribution in [1.29, 1.82) is 0 Å². The zero-order valence-electron chi connectivity index (χ0n) is 15.3. The average Bonchev–Trinajstić information content (AvgIpc) is 3.17. The fourth-order valence-corrected chi connectivity index (χ4v) is 3.06. The smallest absolute Gasteiger partial charge is 0.190 e. The summed E-state index contributed by atoms with van der Waals surface area (Å²) in [5.41, 5.74) is 4.09. The van der Waals surface area contributed by atoms with E-state index in [9.17, 15) is 4.39 Å². The summed E-state index contributed by atoms with van der Waals surface area (Å²) in [6.07, 6.45) is 3.52. The molecule has 0 atom stereocenters. The van der Waals surface area contributed by atoms with Gasteiger partial charge in [-0.15, -0.1) is 0 Å². The third-order valence-corrected chi connectivity index (χ3v) is 4.49. The number of hydrogen-bond acceptors (Lipinski definition) is 3. The van der Waals surface area contributed by atoms with E-state index in [1.807, 2.05) is 20.0 Å². The molecule has 0 unspecified atom stereocenters. The minimum absolute atomic E-state index is 0.219. The molecule has 0 fully saturated rings. The van der Waals surface area contributed by atoms with E-state index in [1.165, 1.54) is 6.07 Å². The number of H-pyrrole nitrogens is 1. The summed E-state index contributed by atoms with van der Waals surface area (Å²) < 4.78 is 18.6. The number of guanidine groups is 1. The topological polar surface area (TPSA) is 78.2 Å². The summed E-state index contributed by atoms with van der Waals surface area (Å²) in [4.78, 5) is 7.41. The lowest BCUT2D eigenvalue weighted by Gasteiger charge is -2.11. The molecule has 7 heteroatoms. The van der Waals surface area contributed by atoms with Gasteiger partial charge in [0, 0.05) is 42.8 Å². The fraction of sp³-hybridized carbons (Fsp3) is 0.368. The third-order valence-electron chi connectivity index (χ3n) is 4.49. The van der Waals surface area contributed by atoms with Crippen LogP contribution in [0.5, 0.6) is 0 Å². The molecule has 1 aromatic carbocycles. The van der Waals surface area contributed by atoms with E-state index in [-0.39, 0.29) is 5.82 Å². The number of aliphatic imine (C=N–C) groups is 1. The van der Waals surface area contributed by atoms with Crippen LogP contribution >= 0.6 is 0 Å². The molecule has 26 heavy (non-hydrogen) atoms. The second kappa shape index (κ2) is 8.03. The first kappa shape index (κ1) is 18.0. The largest absolute Gasteiger partial charge is 0.361 e. The quantitative estimate of drug-likeness (QED) is 0.468. The van der Waals surface area contributed by atoms with Crippen molar-refractivity contribution in [3.05, 3.63) is 52.8 Å². The molecular weight excluding hydrogens is 333 g/mol. The first-order valence-corrected chi connectivity index (χ1v) is 8.70. The van der Waals surface area contributed by atoms with E-state index in [0.717, 1.165) is 58.8 Å². The lowest BCUT2D eigenvalue weighted by atomic mass is 10.1. The molecule has 138 valence electrons. The number of hydrogen-bond donors (Lipinski definition) is 3. The number of halogens is 1. The van der Waals surface area contributed by atoms with Crippen LogP contribution in [0, 0.1) is 19.7 Å². The van der Waals surface area contributed by atoms with Gasteiger partial charge in [-0.05, 0) is 50.5 Å². The Labute approximate surface area is 151 Å². The monoisotopic (exact) mass is 357 g/mol. The summed E-state index contributed by atoms with van der Waals surface area (Å²) in [5.74, 6) is 1.38. The van der Waals surface area contributed by atoms with Gasteiger partial charge in [0.2, 0.25) is 0 Å². The van der Waals surface area contributed by atoms with Crippen molar-refractivity contribution < 1.29 is 8.91 Å². The van der Waals surface area contributed by atoms with Crippen molar-refractivity contribution in [3.8, 4) is 0 Å². The van der Waals surface area contributed by atoms with Crippen molar-refractivity contribution in [1.82, 2.24) is 20.8 Å². The SMILES string of the molecule is CN=C(NCCc1c(C)noc1C)NCCc1c[nH]c2ccc(F)cc12. The molecule has 3 N–H and O–H groups in total. The van der Waals surface area contributed by atoms with Crippen molar-refractivity contribution in [3.63, 3.8) is 0 Å². The molecule has 0 aliphatic heterocycles. The Balaban J connectivity index is 1.49. The fourth-order valence-electron chi connectivity index (χ4n) is 3.06. The van der Waals surface area contributed by atoms with Crippen LogP contribution in [0.4, 0.5) is 4.39 Å². The van der Waals surface area contributed by atoms with Crippen LogP contribution in [-0.4, -0.2) is 36.2 Å². The van der Waals surface area contributed by atoms with Crippen LogP contribution in [0.25, 0.3) is 10.9 Å². The number of aromatic nitrogens is 2. The Kier molecular flexibility index (Phi) is 5.55. The van der Waals surface area contributed by atoms with Crippen molar-refractivity contribution in [2.45, 2.75) is 26.7 Å². The van der Waals surface area contributed by atoms with Gasteiger partial charge in [0.25, 0.3) is 0 Å². The Hall–Kier alpha value is -2.83. The predicted octanol–water partition coefficient (Wildman–Crippen LogP) is 2.86. The van der Waals surface area contributed by atoms with Gasteiger partial charge in [-0.25, -0.2) is 4.39 Å². The molecule has 3 aromatic rings. The van der Waals surface area contributed by atoms with Gasteiger partial charge in [0.15, 0.2) is 5.96 Å². The number of benzene rings is 1. The summed E-state index contributed by atoms with van der Waals surface area (Å²) >= 11 is 0. The molecule has 0 saturated carbocycles. The van der Waals surface area contributed by atoms with Crippen molar-refractivity contribution >= 4 is 16.9 Å². The van der Waals surface area contributed by atoms with Crippen LogP contribution in [0.1, 0.15) is 22.6 Å². The molecule has 0 radical (unpaired) electrons. The minimum Gasteiger partial charge on any atom is -0.361 e. The molecule has 0 aliphatic rings. The molecule has 0 bridgehead atoms. The maximum absolute atomic E-state index is 13.4. The standard InChI is InChI=1S/C19H24FN5O/c1-12-16(13(2)26-25-12)7-9-23-19(21-3)22-8-6-14-11-24-18-5-4-15(20)10-17(14)18/h4-5,10-11,24H,6-9H2,1-3H3,(H2,21,22,23). The molecule has 2 heterocycles. The highest BCUT2D eigenvalue weighted by atomic mass is 19.1. The number of fused-ring (bicyclic) bond motifs is 1. The van der Waals surface area contributed by atoms with Crippen molar-refractivity contribution in [2.24, 2.45) is 4.99 Å². The molecule has 0 aliphatic carbocycles. The van der Waals surface area contributed by atoms with E-state index >= 15 is 0 Å². The van der Waals surface area contributed by atoms with Gasteiger partial charge in [0.1, 0.15) is 11.6 Å². The number of aryl methyl sites for hydroxylation is 2. The number of nitrogens with one attached hydrogen (secondary N) is 3. The lowest BCUT2D eigenvalue weighted by molar-refractivity contribution is 0.392. The minimum atomic E-state index is -0.219. The second-order valence-corrected chi connectivity index (χ2v) is 6.23. The maximum Gasteiger partial charge on any atom is 0.190 e. The molecule has 6 nitrogen and oxygen atoms in total. The van der Waals surface area contributed by atoms with Gasteiger partial charge >= 0.3 is 0 Å². The highest BCUT2D eigenvalue weighted by Gasteiger charge is 2.09. The molecule has 0 amide bonds. The van der Waals surface area contributed by atoms with Crippen LogP contribution in [-0.2, 0) is 12.8 Å². The van der Waals surface area contributed by atoms with E-state index < -0.39 is 0 Å². The van der Waals surface area contributed by atoms with Gasteiger partial charge < -0.3 is 20.1 Å². The van der Waals surface area contributed by atoms with Gasteiger partial charge in [0.05, 0.1) is 5.69 Å². The van der Waals surface area contributed by atoms with Crippen LogP contribution in [0.2, 0.25) is 0 Å². The Bertz CT molecular complexity index is 892. The number of rotatable bonds is 6.